The van der Waals surface area contributed by atoms with Crippen molar-refractivity contribution in [3.63, 3.8) is 0 Å². The van der Waals surface area contributed by atoms with E-state index in [0.29, 0.717) is 34.2 Å². The maximum absolute atomic E-state index is 13.0. The topological polar surface area (TPSA) is 86.8 Å². The molecule has 5 rings (SSSR count). The van der Waals surface area contributed by atoms with Crippen LogP contribution in [-0.4, -0.2) is 30.6 Å². The first kappa shape index (κ1) is 19.1. The molecule has 31 heavy (non-hydrogen) atoms. The standard InChI is InChI=1S/C24H20N2O5/c1-29-18-5-3-2-4-17(18)22(27)15-6-9-21(25-13-15)26-23(28)24(10-11-24)16-7-8-19-20(12-16)31-14-30-19/h2-9,12-13H,10-11,14H2,1H3,(H,25,26,28). The highest BCUT2D eigenvalue weighted by molar-refractivity contribution is 6.10. The van der Waals surface area contributed by atoms with E-state index in [1.165, 1.54) is 13.3 Å². The zero-order valence-corrected chi connectivity index (χ0v) is 16.9. The van der Waals surface area contributed by atoms with Gasteiger partial charge in [-0.15, -0.1) is 0 Å². The Labute approximate surface area is 179 Å². The molecule has 1 amide bonds. The number of fused-ring (bicyclic) bond motifs is 1. The van der Waals surface area contributed by atoms with Gasteiger partial charge in [0, 0.05) is 11.8 Å². The third kappa shape index (κ3) is 3.38. The number of aromatic nitrogens is 1. The van der Waals surface area contributed by atoms with E-state index >= 15 is 0 Å². The van der Waals surface area contributed by atoms with Gasteiger partial charge >= 0.3 is 0 Å². The molecule has 156 valence electrons. The molecule has 7 heteroatoms. The fourth-order valence-corrected chi connectivity index (χ4v) is 3.79. The maximum atomic E-state index is 13.0. The van der Waals surface area contributed by atoms with Gasteiger partial charge in [-0.25, -0.2) is 4.98 Å². The minimum atomic E-state index is -0.589. The zero-order valence-electron chi connectivity index (χ0n) is 16.9. The Kier molecular flexibility index (Phi) is 4.58. The van der Waals surface area contributed by atoms with Gasteiger partial charge in [-0.3, -0.25) is 9.59 Å². The average Bonchev–Trinajstić information content (AvgIpc) is 3.50. The molecular formula is C24H20N2O5. The molecule has 1 aliphatic heterocycles. The van der Waals surface area contributed by atoms with Crippen LogP contribution in [-0.2, 0) is 10.2 Å². The molecule has 0 radical (unpaired) electrons. The number of carbonyl (C=O) groups excluding carboxylic acids is 2. The predicted octanol–water partition coefficient (Wildman–Crippen LogP) is 3.72. The van der Waals surface area contributed by atoms with Crippen LogP contribution in [0.5, 0.6) is 17.2 Å². The highest BCUT2D eigenvalue weighted by atomic mass is 16.7. The van der Waals surface area contributed by atoms with E-state index in [1.54, 1.807) is 36.4 Å². The predicted molar refractivity (Wildman–Crippen MR) is 113 cm³/mol. The van der Waals surface area contributed by atoms with Gasteiger partial charge in [-0.1, -0.05) is 18.2 Å². The fraction of sp³-hybridized carbons (Fsp3) is 0.208. The number of para-hydroxylation sites is 1. The van der Waals surface area contributed by atoms with E-state index in [0.717, 1.165) is 18.4 Å². The number of hydrogen-bond acceptors (Lipinski definition) is 6. The number of benzene rings is 2. The second kappa shape index (κ2) is 7.43. The Balaban J connectivity index is 1.32. The van der Waals surface area contributed by atoms with Crippen LogP contribution in [0.4, 0.5) is 5.82 Å². The lowest BCUT2D eigenvalue weighted by atomic mass is 9.94. The van der Waals surface area contributed by atoms with Crippen molar-refractivity contribution in [2.75, 3.05) is 19.2 Å². The number of ketones is 1. The summed E-state index contributed by atoms with van der Waals surface area (Å²) in [6.45, 7) is 0.196. The van der Waals surface area contributed by atoms with Crippen LogP contribution in [0, 0.1) is 0 Å². The molecule has 2 heterocycles. The first-order chi connectivity index (χ1) is 15.1. The summed E-state index contributed by atoms with van der Waals surface area (Å²) in [6.07, 6.45) is 2.97. The van der Waals surface area contributed by atoms with E-state index in [9.17, 15) is 9.59 Å². The maximum Gasteiger partial charge on any atom is 0.236 e. The summed E-state index contributed by atoms with van der Waals surface area (Å²) in [6, 6.07) is 15.9. The lowest BCUT2D eigenvalue weighted by Crippen LogP contribution is -2.28. The van der Waals surface area contributed by atoms with E-state index in [2.05, 4.69) is 10.3 Å². The molecule has 7 nitrogen and oxygen atoms in total. The van der Waals surface area contributed by atoms with Crippen LogP contribution >= 0.6 is 0 Å². The summed E-state index contributed by atoms with van der Waals surface area (Å²) in [5, 5.41) is 2.88. The molecule has 1 aliphatic carbocycles. The fourth-order valence-electron chi connectivity index (χ4n) is 3.79. The van der Waals surface area contributed by atoms with Crippen LogP contribution in [0.25, 0.3) is 0 Å². The van der Waals surface area contributed by atoms with Gasteiger partial charge in [-0.2, -0.15) is 0 Å². The molecule has 0 saturated heterocycles. The van der Waals surface area contributed by atoms with Crippen LogP contribution in [0.2, 0.25) is 0 Å². The van der Waals surface area contributed by atoms with Crippen LogP contribution < -0.4 is 19.5 Å². The number of carbonyl (C=O) groups is 2. The number of amides is 1. The molecule has 1 aromatic heterocycles. The van der Waals surface area contributed by atoms with Gasteiger partial charge in [0.1, 0.15) is 11.6 Å². The summed E-state index contributed by atoms with van der Waals surface area (Å²) in [5.74, 6) is 1.94. The third-order valence-corrected chi connectivity index (χ3v) is 5.73. The van der Waals surface area contributed by atoms with Gasteiger partial charge in [-0.05, 0) is 54.8 Å². The number of nitrogens with zero attached hydrogens (tertiary/aromatic N) is 1. The highest BCUT2D eigenvalue weighted by Crippen LogP contribution is 2.51. The number of anilines is 1. The zero-order chi connectivity index (χ0) is 21.4. The van der Waals surface area contributed by atoms with Crippen molar-refractivity contribution in [2.45, 2.75) is 18.3 Å². The summed E-state index contributed by atoms with van der Waals surface area (Å²) in [7, 11) is 1.52. The largest absolute Gasteiger partial charge is 0.496 e. The summed E-state index contributed by atoms with van der Waals surface area (Å²) < 4.78 is 16.1. The second-order valence-electron chi connectivity index (χ2n) is 7.57. The highest BCUT2D eigenvalue weighted by Gasteiger charge is 2.51. The molecule has 1 N–H and O–H groups in total. The van der Waals surface area contributed by atoms with Crippen LogP contribution in [0.3, 0.4) is 0 Å². The number of pyridine rings is 1. The van der Waals surface area contributed by atoms with E-state index in [1.807, 2.05) is 18.2 Å². The Morgan fingerprint density at radius 1 is 1.03 bits per heavy atom. The molecular weight excluding hydrogens is 396 g/mol. The van der Waals surface area contributed by atoms with Crippen molar-refractivity contribution in [1.29, 1.82) is 0 Å². The first-order valence-electron chi connectivity index (χ1n) is 9.96. The molecule has 3 aromatic rings. The SMILES string of the molecule is COc1ccccc1C(=O)c1ccc(NC(=O)C2(c3ccc4c(c3)OCO4)CC2)nc1. The number of nitrogens with one attached hydrogen (secondary N) is 1. The quantitative estimate of drug-likeness (QED) is 0.617. The van der Waals surface area contributed by atoms with Gasteiger partial charge in [0.15, 0.2) is 17.3 Å². The van der Waals surface area contributed by atoms with E-state index in [4.69, 9.17) is 14.2 Å². The lowest BCUT2D eigenvalue weighted by molar-refractivity contribution is -0.118. The molecule has 0 bridgehead atoms. The van der Waals surface area contributed by atoms with Gasteiger partial charge < -0.3 is 19.5 Å². The summed E-state index contributed by atoms with van der Waals surface area (Å²) >= 11 is 0. The molecule has 2 aromatic carbocycles. The van der Waals surface area contributed by atoms with Crippen molar-refractivity contribution < 1.29 is 23.8 Å². The van der Waals surface area contributed by atoms with Crippen molar-refractivity contribution in [3.8, 4) is 17.2 Å². The van der Waals surface area contributed by atoms with Crippen LogP contribution in [0.15, 0.2) is 60.8 Å². The van der Waals surface area contributed by atoms with Crippen molar-refractivity contribution >= 4 is 17.5 Å². The molecule has 1 saturated carbocycles. The average molecular weight is 416 g/mol. The van der Waals surface area contributed by atoms with E-state index in [-0.39, 0.29) is 18.5 Å². The Bertz CT molecular complexity index is 1170. The summed E-state index contributed by atoms with van der Waals surface area (Å²) in [4.78, 5) is 30.1. The Hall–Kier alpha value is -3.87. The second-order valence-corrected chi connectivity index (χ2v) is 7.57. The number of rotatable bonds is 6. The molecule has 0 spiro atoms. The molecule has 0 unspecified atom stereocenters. The number of methoxy groups -OCH3 is 1. The van der Waals surface area contributed by atoms with E-state index < -0.39 is 5.41 Å². The van der Waals surface area contributed by atoms with Crippen molar-refractivity contribution in [1.82, 2.24) is 4.98 Å². The molecule has 0 atom stereocenters. The Morgan fingerprint density at radius 2 is 1.84 bits per heavy atom. The minimum absolute atomic E-state index is 0.123. The smallest absolute Gasteiger partial charge is 0.236 e. The summed E-state index contributed by atoms with van der Waals surface area (Å²) in [5.41, 5.74) is 1.19. The van der Waals surface area contributed by atoms with Crippen molar-refractivity contribution in [3.05, 3.63) is 77.5 Å². The van der Waals surface area contributed by atoms with Crippen molar-refractivity contribution in [2.24, 2.45) is 0 Å². The molecule has 2 aliphatic rings. The Morgan fingerprint density at radius 3 is 2.58 bits per heavy atom. The van der Waals surface area contributed by atoms with Gasteiger partial charge in [0.2, 0.25) is 12.7 Å². The lowest BCUT2D eigenvalue weighted by Gasteiger charge is -2.16. The third-order valence-electron chi connectivity index (χ3n) is 5.73. The number of ether oxygens (including phenoxy) is 3. The molecule has 1 fully saturated rings. The first-order valence-corrected chi connectivity index (χ1v) is 9.96. The minimum Gasteiger partial charge on any atom is -0.496 e. The van der Waals surface area contributed by atoms with Crippen LogP contribution in [0.1, 0.15) is 34.3 Å². The van der Waals surface area contributed by atoms with Gasteiger partial charge in [0.05, 0.1) is 18.1 Å². The number of hydrogen-bond donors (Lipinski definition) is 1. The van der Waals surface area contributed by atoms with Gasteiger partial charge in [0.25, 0.3) is 0 Å². The normalized spacial score (nSPS) is 15.3. The monoisotopic (exact) mass is 416 g/mol.